The second-order valence-corrected chi connectivity index (χ2v) is 8.56. The highest BCUT2D eigenvalue weighted by molar-refractivity contribution is 5.87. The molecule has 2 aliphatic heterocycles. The quantitative estimate of drug-likeness (QED) is 0.496. The summed E-state index contributed by atoms with van der Waals surface area (Å²) in [5.41, 5.74) is 2.24. The highest BCUT2D eigenvalue weighted by atomic mass is 19.4. The van der Waals surface area contributed by atoms with Crippen LogP contribution in [0, 0.1) is 0 Å². The number of hydrogen-bond acceptors (Lipinski definition) is 6. The van der Waals surface area contributed by atoms with Crippen LogP contribution in [0.5, 0.6) is 0 Å². The summed E-state index contributed by atoms with van der Waals surface area (Å²) in [5.74, 6) is -5.41. The minimum absolute atomic E-state index is 0.0387. The lowest BCUT2D eigenvalue weighted by atomic mass is 9.82. The number of pyridine rings is 2. The molecule has 38 heavy (non-hydrogen) atoms. The zero-order valence-corrected chi connectivity index (χ0v) is 19.7. The first-order valence-electron chi connectivity index (χ1n) is 11.1. The molecule has 0 aromatic carbocycles. The van der Waals surface area contributed by atoms with E-state index >= 15 is 0 Å². The topological polar surface area (TPSA) is 133 Å². The van der Waals surface area contributed by atoms with Gasteiger partial charge >= 0.3 is 24.3 Å². The number of carbonyl (C=O) groups excluding carboxylic acids is 1. The molecule has 15 heteroatoms. The van der Waals surface area contributed by atoms with Crippen molar-refractivity contribution in [3.63, 3.8) is 0 Å². The van der Waals surface area contributed by atoms with Crippen molar-refractivity contribution in [2.45, 2.75) is 49.6 Å². The third-order valence-corrected chi connectivity index (χ3v) is 5.81. The summed E-state index contributed by atoms with van der Waals surface area (Å²) in [6, 6.07) is 8.02. The van der Waals surface area contributed by atoms with Crippen LogP contribution in [0.2, 0.25) is 0 Å². The van der Waals surface area contributed by atoms with Crippen LogP contribution in [0.25, 0.3) is 0 Å². The van der Waals surface area contributed by atoms with E-state index in [9.17, 15) is 31.1 Å². The Kier molecular flexibility index (Phi) is 10.2. The molecule has 9 nitrogen and oxygen atoms in total. The number of piperidine rings is 1. The molecule has 0 saturated carbocycles. The molecule has 3 N–H and O–H groups in total. The standard InChI is InChI=1S/C19H22N4O.2C2HF3O2/c24-18-17(16-4-2-8-21-13-16)11-19(22-18)5-9-23(10-6-19)14-15-3-1-7-20-12-15;2*3-2(4,5)1(6)7/h1-4,7-8,12-13,17H,5-6,9-11,14H2,(H,22,24);2*(H,6,7). The minimum Gasteiger partial charge on any atom is -0.475 e. The van der Waals surface area contributed by atoms with Gasteiger partial charge in [-0.25, -0.2) is 9.59 Å². The SMILES string of the molecule is O=C(O)C(F)(F)F.O=C(O)C(F)(F)F.O=C1NC2(CCN(Cc3cccnc3)CC2)CC1c1cccnc1. The number of aromatic nitrogens is 2. The number of halogens is 6. The Morgan fingerprint density at radius 3 is 1.87 bits per heavy atom. The Bertz CT molecular complexity index is 1050. The fraction of sp³-hybridized carbons (Fsp3) is 0.435. The van der Waals surface area contributed by atoms with Crippen LogP contribution in [-0.2, 0) is 20.9 Å². The summed E-state index contributed by atoms with van der Waals surface area (Å²) in [6.07, 6.45) is 0.0507. The fourth-order valence-electron chi connectivity index (χ4n) is 3.95. The van der Waals surface area contributed by atoms with Crippen LogP contribution in [0.1, 0.15) is 36.3 Å². The maximum absolute atomic E-state index is 12.5. The van der Waals surface area contributed by atoms with Crippen LogP contribution in [0.15, 0.2) is 49.1 Å². The fourth-order valence-corrected chi connectivity index (χ4v) is 3.95. The van der Waals surface area contributed by atoms with Crippen molar-refractivity contribution < 1.29 is 50.9 Å². The molecule has 1 spiro atoms. The molecule has 1 atom stereocenters. The molecular weight excluding hydrogens is 526 g/mol. The largest absolute Gasteiger partial charge is 0.490 e. The smallest absolute Gasteiger partial charge is 0.475 e. The maximum Gasteiger partial charge on any atom is 0.490 e. The zero-order chi connectivity index (χ0) is 28.6. The lowest BCUT2D eigenvalue weighted by Gasteiger charge is -2.39. The molecule has 0 aliphatic carbocycles. The molecule has 4 heterocycles. The van der Waals surface area contributed by atoms with Crippen molar-refractivity contribution in [1.82, 2.24) is 20.2 Å². The average Bonchev–Trinajstić information content (AvgIpc) is 3.17. The number of likely N-dealkylation sites (tertiary alicyclic amines) is 1. The second-order valence-electron chi connectivity index (χ2n) is 8.56. The number of amides is 1. The molecule has 208 valence electrons. The third kappa shape index (κ3) is 9.28. The van der Waals surface area contributed by atoms with E-state index in [0.717, 1.165) is 44.5 Å². The number of nitrogens with zero attached hydrogens (tertiary/aromatic N) is 3. The molecule has 1 amide bonds. The average molecular weight is 550 g/mol. The van der Waals surface area contributed by atoms with Gasteiger partial charge in [0.25, 0.3) is 0 Å². The van der Waals surface area contributed by atoms with Gasteiger partial charge in [-0.15, -0.1) is 0 Å². The number of carbonyl (C=O) groups is 3. The van der Waals surface area contributed by atoms with Crippen molar-refractivity contribution in [2.24, 2.45) is 0 Å². The van der Waals surface area contributed by atoms with E-state index < -0.39 is 24.3 Å². The van der Waals surface area contributed by atoms with Gasteiger partial charge in [0, 0.05) is 50.0 Å². The van der Waals surface area contributed by atoms with Gasteiger partial charge in [-0.3, -0.25) is 19.7 Å². The molecule has 2 saturated heterocycles. The Morgan fingerprint density at radius 2 is 1.45 bits per heavy atom. The van der Waals surface area contributed by atoms with Crippen molar-refractivity contribution in [2.75, 3.05) is 13.1 Å². The van der Waals surface area contributed by atoms with Crippen molar-refractivity contribution >= 4 is 17.8 Å². The van der Waals surface area contributed by atoms with Gasteiger partial charge in [-0.1, -0.05) is 12.1 Å². The van der Waals surface area contributed by atoms with E-state index in [4.69, 9.17) is 19.8 Å². The van der Waals surface area contributed by atoms with E-state index in [2.05, 4.69) is 26.3 Å². The number of hydrogen-bond donors (Lipinski definition) is 3. The van der Waals surface area contributed by atoms with Crippen molar-refractivity contribution in [3.05, 3.63) is 60.2 Å². The van der Waals surface area contributed by atoms with Gasteiger partial charge in [-0.2, -0.15) is 26.3 Å². The first-order chi connectivity index (χ1) is 17.6. The predicted octanol–water partition coefficient (Wildman–Crippen LogP) is 3.38. The molecule has 2 fully saturated rings. The summed E-state index contributed by atoms with van der Waals surface area (Å²) < 4.78 is 63.5. The molecule has 2 aliphatic rings. The summed E-state index contributed by atoms with van der Waals surface area (Å²) in [6.45, 7) is 2.95. The third-order valence-electron chi connectivity index (χ3n) is 5.81. The Labute approximate surface area is 212 Å². The normalized spacial score (nSPS) is 18.9. The van der Waals surface area contributed by atoms with Crippen LogP contribution < -0.4 is 5.32 Å². The van der Waals surface area contributed by atoms with E-state index in [1.807, 2.05) is 30.6 Å². The first-order valence-corrected chi connectivity index (χ1v) is 11.1. The number of carboxylic acids is 2. The van der Waals surface area contributed by atoms with Gasteiger partial charge < -0.3 is 15.5 Å². The molecule has 2 aromatic heterocycles. The highest BCUT2D eigenvalue weighted by Crippen LogP contribution is 2.39. The Balaban J connectivity index is 0.000000301. The predicted molar refractivity (Wildman–Crippen MR) is 119 cm³/mol. The Hall–Kier alpha value is -3.75. The van der Waals surface area contributed by atoms with Crippen molar-refractivity contribution in [3.8, 4) is 0 Å². The first kappa shape index (κ1) is 30.5. The van der Waals surface area contributed by atoms with E-state index in [0.29, 0.717) is 0 Å². The molecule has 4 rings (SSSR count). The van der Waals surface area contributed by atoms with Gasteiger partial charge in [0.2, 0.25) is 5.91 Å². The van der Waals surface area contributed by atoms with Gasteiger partial charge in [0.15, 0.2) is 0 Å². The van der Waals surface area contributed by atoms with Crippen LogP contribution in [0.4, 0.5) is 26.3 Å². The molecule has 1 unspecified atom stereocenters. The lowest BCUT2D eigenvalue weighted by molar-refractivity contribution is -0.193. The highest BCUT2D eigenvalue weighted by Gasteiger charge is 2.46. The minimum atomic E-state index is -5.08. The number of carboxylic acid groups (broad SMARTS) is 2. The van der Waals surface area contributed by atoms with E-state index in [1.54, 1.807) is 12.4 Å². The van der Waals surface area contributed by atoms with Crippen LogP contribution >= 0.6 is 0 Å². The van der Waals surface area contributed by atoms with Crippen molar-refractivity contribution in [1.29, 1.82) is 0 Å². The van der Waals surface area contributed by atoms with Gasteiger partial charge in [0.1, 0.15) is 0 Å². The number of rotatable bonds is 3. The summed E-state index contributed by atoms with van der Waals surface area (Å²) in [5, 5.41) is 17.5. The molecular formula is C23H24F6N4O5. The van der Waals surface area contributed by atoms with Crippen LogP contribution in [-0.4, -0.2) is 73.9 Å². The summed E-state index contributed by atoms with van der Waals surface area (Å²) in [4.78, 5) is 41.0. The van der Waals surface area contributed by atoms with Gasteiger partial charge in [0.05, 0.1) is 5.92 Å². The second kappa shape index (κ2) is 12.7. The number of nitrogens with one attached hydrogen (secondary N) is 1. The molecule has 0 radical (unpaired) electrons. The van der Waals surface area contributed by atoms with E-state index in [1.165, 1.54) is 5.56 Å². The molecule has 2 aromatic rings. The summed E-state index contributed by atoms with van der Waals surface area (Å²) in [7, 11) is 0. The van der Waals surface area contributed by atoms with Crippen LogP contribution in [0.3, 0.4) is 0 Å². The number of aliphatic carboxylic acids is 2. The Morgan fingerprint density at radius 1 is 0.947 bits per heavy atom. The monoisotopic (exact) mass is 550 g/mol. The lowest BCUT2D eigenvalue weighted by Crippen LogP contribution is -2.50. The van der Waals surface area contributed by atoms with E-state index in [-0.39, 0.29) is 17.4 Å². The zero-order valence-electron chi connectivity index (χ0n) is 19.7. The van der Waals surface area contributed by atoms with Gasteiger partial charge in [-0.05, 0) is 42.5 Å². The summed E-state index contributed by atoms with van der Waals surface area (Å²) >= 11 is 0. The maximum atomic E-state index is 12.5. The molecule has 0 bridgehead atoms. The number of alkyl halides is 6.